The minimum Gasteiger partial charge on any atom is -0.487 e. The summed E-state index contributed by atoms with van der Waals surface area (Å²) in [7, 11) is 0. The Bertz CT molecular complexity index is 1070. The first-order valence-corrected chi connectivity index (χ1v) is 10.1. The number of halogens is 2. The molecule has 3 aromatic rings. The number of aromatic nitrogens is 1. The fourth-order valence-corrected chi connectivity index (χ4v) is 3.85. The number of pyridine rings is 1. The molecule has 0 unspecified atom stereocenters. The highest BCUT2D eigenvalue weighted by molar-refractivity contribution is 9.11. The lowest BCUT2D eigenvalue weighted by Gasteiger charge is -2.11. The van der Waals surface area contributed by atoms with Gasteiger partial charge in [0.2, 0.25) is 0 Å². The van der Waals surface area contributed by atoms with E-state index in [1.165, 1.54) is 30.7 Å². The summed E-state index contributed by atoms with van der Waals surface area (Å²) >= 11 is 6.92. The van der Waals surface area contributed by atoms with E-state index in [1.807, 2.05) is 0 Å². The number of hydrazone groups is 1. The summed E-state index contributed by atoms with van der Waals surface area (Å²) in [5.41, 5.74) is 4.46. The Hall–Kier alpha value is -3.11. The molecule has 152 valence electrons. The van der Waals surface area contributed by atoms with Gasteiger partial charge in [-0.3, -0.25) is 19.9 Å². The number of nitro groups is 1. The lowest BCUT2D eigenvalue weighted by Crippen LogP contribution is -2.17. The number of nitrogens with zero attached hydrogens (tertiary/aromatic N) is 3. The number of nitro benzene ring substituents is 1. The zero-order valence-electron chi connectivity index (χ0n) is 15.3. The van der Waals surface area contributed by atoms with E-state index in [-0.39, 0.29) is 18.2 Å². The van der Waals surface area contributed by atoms with Crippen LogP contribution < -0.4 is 10.2 Å². The summed E-state index contributed by atoms with van der Waals surface area (Å²) < 4.78 is 7.19. The number of hydrogen-bond donors (Lipinski definition) is 1. The number of ether oxygens (including phenoxy) is 1. The molecule has 0 aliphatic heterocycles. The van der Waals surface area contributed by atoms with Crippen molar-refractivity contribution in [2.75, 3.05) is 0 Å². The molecule has 10 heteroatoms. The molecule has 1 amide bonds. The van der Waals surface area contributed by atoms with Crippen molar-refractivity contribution >= 4 is 49.7 Å². The Labute approximate surface area is 188 Å². The lowest BCUT2D eigenvalue weighted by atomic mass is 10.2. The zero-order valence-corrected chi connectivity index (χ0v) is 18.5. The van der Waals surface area contributed by atoms with E-state index in [2.05, 4.69) is 47.4 Å². The third kappa shape index (κ3) is 5.71. The molecular formula is C20H14Br2N4O4. The fraction of sp³-hybridized carbons (Fsp3) is 0.0500. The third-order valence-electron chi connectivity index (χ3n) is 3.87. The smallest absolute Gasteiger partial charge is 0.271 e. The molecular weight excluding hydrogens is 520 g/mol. The molecule has 0 bridgehead atoms. The van der Waals surface area contributed by atoms with Crippen LogP contribution in [0.4, 0.5) is 5.69 Å². The molecule has 3 rings (SSSR count). The highest BCUT2D eigenvalue weighted by atomic mass is 79.9. The van der Waals surface area contributed by atoms with Crippen LogP contribution in [0, 0.1) is 10.1 Å². The van der Waals surface area contributed by atoms with Gasteiger partial charge in [-0.05, 0) is 79.4 Å². The van der Waals surface area contributed by atoms with Gasteiger partial charge in [-0.2, -0.15) is 5.10 Å². The molecule has 0 aliphatic carbocycles. The molecule has 0 saturated heterocycles. The van der Waals surface area contributed by atoms with Gasteiger partial charge in [0.25, 0.3) is 11.6 Å². The van der Waals surface area contributed by atoms with Crippen molar-refractivity contribution in [1.82, 2.24) is 10.4 Å². The number of nitrogens with one attached hydrogen (secondary N) is 1. The number of rotatable bonds is 7. The van der Waals surface area contributed by atoms with Gasteiger partial charge < -0.3 is 4.74 Å². The SMILES string of the molecule is O=C(N/N=C/c1cc(Br)c(OCc2ccc([N+](=O)[O-])cc2)c(Br)c1)c1ccncc1. The van der Waals surface area contributed by atoms with Crippen LogP contribution in [-0.4, -0.2) is 22.0 Å². The number of hydrogen-bond acceptors (Lipinski definition) is 6. The van der Waals surface area contributed by atoms with Crippen molar-refractivity contribution in [3.05, 3.63) is 96.7 Å². The van der Waals surface area contributed by atoms with Crippen molar-refractivity contribution in [2.45, 2.75) is 6.61 Å². The van der Waals surface area contributed by atoms with Gasteiger partial charge in [-0.25, -0.2) is 5.43 Å². The second kappa shape index (κ2) is 10.1. The van der Waals surface area contributed by atoms with Crippen molar-refractivity contribution in [3.63, 3.8) is 0 Å². The monoisotopic (exact) mass is 532 g/mol. The lowest BCUT2D eigenvalue weighted by molar-refractivity contribution is -0.384. The predicted octanol–water partition coefficient (Wildman–Crippen LogP) is 4.86. The molecule has 0 fully saturated rings. The molecule has 1 aromatic heterocycles. The molecule has 0 atom stereocenters. The van der Waals surface area contributed by atoms with E-state index in [4.69, 9.17) is 4.74 Å². The first-order chi connectivity index (χ1) is 14.4. The zero-order chi connectivity index (χ0) is 21.5. The number of carbonyl (C=O) groups is 1. The maximum Gasteiger partial charge on any atom is 0.271 e. The van der Waals surface area contributed by atoms with Crippen molar-refractivity contribution < 1.29 is 14.5 Å². The fourth-order valence-electron chi connectivity index (χ4n) is 2.39. The third-order valence-corrected chi connectivity index (χ3v) is 5.05. The summed E-state index contributed by atoms with van der Waals surface area (Å²) in [4.78, 5) is 26.1. The highest BCUT2D eigenvalue weighted by Crippen LogP contribution is 2.35. The summed E-state index contributed by atoms with van der Waals surface area (Å²) in [6.45, 7) is 0.241. The van der Waals surface area contributed by atoms with Gasteiger partial charge >= 0.3 is 0 Å². The van der Waals surface area contributed by atoms with Crippen LogP contribution in [-0.2, 0) is 6.61 Å². The van der Waals surface area contributed by atoms with Crippen LogP contribution in [0.15, 0.2) is 75.0 Å². The van der Waals surface area contributed by atoms with Crippen LogP contribution in [0.2, 0.25) is 0 Å². The van der Waals surface area contributed by atoms with Crippen molar-refractivity contribution in [2.24, 2.45) is 5.10 Å². The Morgan fingerprint density at radius 2 is 1.77 bits per heavy atom. The summed E-state index contributed by atoms with van der Waals surface area (Å²) in [5, 5.41) is 14.7. The van der Waals surface area contributed by atoms with Crippen molar-refractivity contribution in [1.29, 1.82) is 0 Å². The average molecular weight is 534 g/mol. The van der Waals surface area contributed by atoms with E-state index < -0.39 is 4.92 Å². The van der Waals surface area contributed by atoms with Gasteiger partial charge in [0.15, 0.2) is 0 Å². The molecule has 2 aromatic carbocycles. The van der Waals surface area contributed by atoms with Gasteiger partial charge in [0, 0.05) is 30.1 Å². The van der Waals surface area contributed by atoms with Crippen LogP contribution in [0.3, 0.4) is 0 Å². The van der Waals surface area contributed by atoms with E-state index >= 15 is 0 Å². The van der Waals surface area contributed by atoms with E-state index in [0.717, 1.165) is 11.1 Å². The van der Waals surface area contributed by atoms with Gasteiger partial charge in [-0.1, -0.05) is 0 Å². The molecule has 0 radical (unpaired) electrons. The first kappa shape index (κ1) is 21.6. The van der Waals surface area contributed by atoms with E-state index in [1.54, 1.807) is 36.4 Å². The number of benzene rings is 2. The quantitative estimate of drug-likeness (QED) is 0.265. The topological polar surface area (TPSA) is 107 Å². The largest absolute Gasteiger partial charge is 0.487 e. The molecule has 0 aliphatic rings. The van der Waals surface area contributed by atoms with E-state index in [9.17, 15) is 14.9 Å². The number of amides is 1. The van der Waals surface area contributed by atoms with Crippen LogP contribution in [0.1, 0.15) is 21.5 Å². The number of carbonyl (C=O) groups excluding carboxylic acids is 1. The second-order valence-electron chi connectivity index (χ2n) is 5.96. The van der Waals surface area contributed by atoms with Gasteiger partial charge in [0.1, 0.15) is 12.4 Å². The first-order valence-electron chi connectivity index (χ1n) is 8.52. The van der Waals surface area contributed by atoms with Gasteiger partial charge in [-0.15, -0.1) is 0 Å². The standard InChI is InChI=1S/C20H14Br2N4O4/c21-17-9-14(11-24-25-20(27)15-5-7-23-8-6-15)10-18(22)19(17)30-12-13-1-3-16(4-2-13)26(28)29/h1-11H,12H2,(H,25,27)/b24-11+. The number of non-ortho nitro benzene ring substituents is 1. The maximum atomic E-state index is 12.0. The maximum absolute atomic E-state index is 12.0. The molecule has 30 heavy (non-hydrogen) atoms. The Morgan fingerprint density at radius 3 is 2.37 bits per heavy atom. The second-order valence-corrected chi connectivity index (χ2v) is 7.67. The van der Waals surface area contributed by atoms with Crippen molar-refractivity contribution in [3.8, 4) is 5.75 Å². The Morgan fingerprint density at radius 1 is 1.13 bits per heavy atom. The normalized spacial score (nSPS) is 10.7. The summed E-state index contributed by atoms with van der Waals surface area (Å²) in [6, 6.07) is 12.9. The minimum absolute atomic E-state index is 0.0285. The average Bonchev–Trinajstić information content (AvgIpc) is 2.74. The van der Waals surface area contributed by atoms with Crippen LogP contribution in [0.25, 0.3) is 0 Å². The molecule has 8 nitrogen and oxygen atoms in total. The van der Waals surface area contributed by atoms with Gasteiger partial charge in [0.05, 0.1) is 20.1 Å². The molecule has 1 N–H and O–H groups in total. The Balaban J connectivity index is 1.63. The summed E-state index contributed by atoms with van der Waals surface area (Å²) in [6.07, 6.45) is 4.57. The predicted molar refractivity (Wildman–Crippen MR) is 119 cm³/mol. The Kier molecular flexibility index (Phi) is 7.26. The van der Waals surface area contributed by atoms with E-state index in [0.29, 0.717) is 20.3 Å². The summed E-state index contributed by atoms with van der Waals surface area (Å²) in [5.74, 6) is 0.237. The highest BCUT2D eigenvalue weighted by Gasteiger charge is 2.10. The minimum atomic E-state index is -0.447. The molecule has 1 heterocycles. The van der Waals surface area contributed by atoms with Crippen LogP contribution in [0.5, 0.6) is 5.75 Å². The molecule has 0 spiro atoms. The van der Waals surface area contributed by atoms with Crippen LogP contribution >= 0.6 is 31.9 Å². The molecule has 0 saturated carbocycles.